The van der Waals surface area contributed by atoms with Crippen molar-refractivity contribution in [3.63, 3.8) is 0 Å². The molecule has 1 aliphatic rings. The van der Waals surface area contributed by atoms with E-state index in [1.54, 1.807) is 0 Å². The molecule has 116 valence electrons. The number of ether oxygens (including phenoxy) is 1. The molecule has 2 heteroatoms. The zero-order chi connectivity index (χ0) is 14.5. The first kappa shape index (κ1) is 17.3. The highest BCUT2D eigenvalue weighted by molar-refractivity contribution is 5.69. The van der Waals surface area contributed by atoms with Gasteiger partial charge in [0.1, 0.15) is 6.10 Å². The van der Waals surface area contributed by atoms with E-state index in [-0.39, 0.29) is 12.1 Å². The summed E-state index contributed by atoms with van der Waals surface area (Å²) in [5, 5.41) is 0. The van der Waals surface area contributed by atoms with E-state index < -0.39 is 0 Å². The van der Waals surface area contributed by atoms with Crippen molar-refractivity contribution in [1.29, 1.82) is 0 Å². The third-order valence-electron chi connectivity index (χ3n) is 3.98. The molecule has 0 bridgehead atoms. The summed E-state index contributed by atoms with van der Waals surface area (Å²) in [4.78, 5) is 11.6. The third kappa shape index (κ3) is 9.17. The number of allylic oxidation sites excluding steroid dienone is 1. The van der Waals surface area contributed by atoms with Crippen molar-refractivity contribution >= 4 is 5.97 Å². The molecule has 0 spiro atoms. The standard InChI is InChI=1S/C18H32O2/c1-2-3-4-5-6-7-8-11-14-17-15-12-9-10-13-16-18(19)20-17/h11,14,17H,2-10,12-13,15-16H2,1H3/b14-11+. The van der Waals surface area contributed by atoms with Gasteiger partial charge in [0.15, 0.2) is 0 Å². The van der Waals surface area contributed by atoms with Gasteiger partial charge in [0.05, 0.1) is 0 Å². The van der Waals surface area contributed by atoms with E-state index in [9.17, 15) is 4.79 Å². The highest BCUT2D eigenvalue weighted by Gasteiger charge is 2.13. The molecule has 0 aliphatic carbocycles. The second kappa shape index (κ2) is 12.0. The molecular formula is C18H32O2. The smallest absolute Gasteiger partial charge is 0.306 e. The SMILES string of the molecule is CCCCCCCC/C=C/C1CCCCCCC(=O)O1. The maximum absolute atomic E-state index is 11.6. The average molecular weight is 280 g/mol. The summed E-state index contributed by atoms with van der Waals surface area (Å²) in [5.41, 5.74) is 0. The van der Waals surface area contributed by atoms with Crippen molar-refractivity contribution in [2.75, 3.05) is 0 Å². The van der Waals surface area contributed by atoms with E-state index in [0.29, 0.717) is 6.42 Å². The number of cyclic esters (lactones) is 1. The van der Waals surface area contributed by atoms with Gasteiger partial charge in [-0.25, -0.2) is 0 Å². The van der Waals surface area contributed by atoms with Crippen LogP contribution in [0.2, 0.25) is 0 Å². The topological polar surface area (TPSA) is 26.3 Å². The van der Waals surface area contributed by atoms with Crippen LogP contribution in [0.3, 0.4) is 0 Å². The molecule has 1 atom stereocenters. The number of hydrogen-bond acceptors (Lipinski definition) is 2. The Morgan fingerprint density at radius 1 is 1.05 bits per heavy atom. The number of hydrogen-bond donors (Lipinski definition) is 0. The monoisotopic (exact) mass is 280 g/mol. The first-order chi connectivity index (χ1) is 9.83. The summed E-state index contributed by atoms with van der Waals surface area (Å²) in [6.07, 6.45) is 19.7. The highest BCUT2D eigenvalue weighted by atomic mass is 16.5. The predicted molar refractivity (Wildman–Crippen MR) is 84.7 cm³/mol. The Balaban J connectivity index is 2.13. The zero-order valence-corrected chi connectivity index (χ0v) is 13.2. The van der Waals surface area contributed by atoms with E-state index in [1.165, 1.54) is 57.8 Å². The Morgan fingerprint density at radius 2 is 1.80 bits per heavy atom. The molecule has 0 aromatic heterocycles. The number of esters is 1. The molecule has 0 saturated carbocycles. The van der Waals surface area contributed by atoms with Gasteiger partial charge < -0.3 is 4.74 Å². The minimum atomic E-state index is -0.0129. The fourth-order valence-electron chi connectivity index (χ4n) is 2.68. The van der Waals surface area contributed by atoms with Crippen molar-refractivity contribution in [3.8, 4) is 0 Å². The summed E-state index contributed by atoms with van der Waals surface area (Å²) in [6, 6.07) is 0. The fourth-order valence-corrected chi connectivity index (χ4v) is 2.68. The Kier molecular flexibility index (Phi) is 10.3. The van der Waals surface area contributed by atoms with Crippen LogP contribution in [0.1, 0.15) is 90.4 Å². The van der Waals surface area contributed by atoms with Crippen molar-refractivity contribution < 1.29 is 9.53 Å². The second-order valence-electron chi connectivity index (χ2n) is 5.97. The third-order valence-corrected chi connectivity index (χ3v) is 3.98. The number of carbonyl (C=O) groups excluding carboxylic acids is 1. The number of rotatable bonds is 8. The molecule has 1 saturated heterocycles. The first-order valence-corrected chi connectivity index (χ1v) is 8.69. The molecule has 1 rings (SSSR count). The maximum Gasteiger partial charge on any atom is 0.306 e. The normalized spacial score (nSPS) is 21.2. The Labute approximate surface area is 125 Å². The van der Waals surface area contributed by atoms with Crippen LogP contribution in [-0.4, -0.2) is 12.1 Å². The largest absolute Gasteiger partial charge is 0.458 e. The molecule has 0 aromatic carbocycles. The fraction of sp³-hybridized carbons (Fsp3) is 0.833. The number of carbonyl (C=O) groups is 1. The summed E-state index contributed by atoms with van der Waals surface area (Å²) < 4.78 is 5.51. The van der Waals surface area contributed by atoms with Crippen LogP contribution in [-0.2, 0) is 9.53 Å². The lowest BCUT2D eigenvalue weighted by atomic mass is 10.1. The molecule has 1 aliphatic heterocycles. The molecule has 1 fully saturated rings. The molecule has 2 nitrogen and oxygen atoms in total. The molecule has 0 N–H and O–H groups in total. The predicted octanol–water partition coefficient (Wildman–Crippen LogP) is 5.56. The van der Waals surface area contributed by atoms with Crippen LogP contribution in [0.15, 0.2) is 12.2 Å². The summed E-state index contributed by atoms with van der Waals surface area (Å²) in [7, 11) is 0. The second-order valence-corrected chi connectivity index (χ2v) is 5.97. The van der Waals surface area contributed by atoms with Gasteiger partial charge >= 0.3 is 5.97 Å². The summed E-state index contributed by atoms with van der Waals surface area (Å²) in [5.74, 6) is -0.0129. The summed E-state index contributed by atoms with van der Waals surface area (Å²) in [6.45, 7) is 2.25. The van der Waals surface area contributed by atoms with Crippen molar-refractivity contribution in [2.24, 2.45) is 0 Å². The van der Waals surface area contributed by atoms with Crippen LogP contribution >= 0.6 is 0 Å². The van der Waals surface area contributed by atoms with Gasteiger partial charge in [-0.3, -0.25) is 4.79 Å². The molecule has 1 heterocycles. The van der Waals surface area contributed by atoms with Crippen molar-refractivity contribution in [2.45, 2.75) is 96.5 Å². The van der Waals surface area contributed by atoms with E-state index in [0.717, 1.165) is 19.3 Å². The van der Waals surface area contributed by atoms with Crippen LogP contribution in [0.5, 0.6) is 0 Å². The minimum absolute atomic E-state index is 0.0129. The zero-order valence-electron chi connectivity index (χ0n) is 13.2. The lowest BCUT2D eigenvalue weighted by Gasteiger charge is -2.12. The minimum Gasteiger partial charge on any atom is -0.458 e. The van der Waals surface area contributed by atoms with Gasteiger partial charge in [0.2, 0.25) is 0 Å². The van der Waals surface area contributed by atoms with Gasteiger partial charge in [-0.05, 0) is 38.2 Å². The van der Waals surface area contributed by atoms with E-state index in [4.69, 9.17) is 4.74 Å². The Hall–Kier alpha value is -0.790. The Bertz CT molecular complexity index is 271. The number of unbranched alkanes of at least 4 members (excludes halogenated alkanes) is 6. The quantitative estimate of drug-likeness (QED) is 0.330. The van der Waals surface area contributed by atoms with Crippen LogP contribution < -0.4 is 0 Å². The molecule has 0 amide bonds. The Morgan fingerprint density at radius 3 is 2.65 bits per heavy atom. The van der Waals surface area contributed by atoms with Crippen molar-refractivity contribution in [1.82, 2.24) is 0 Å². The maximum atomic E-state index is 11.6. The summed E-state index contributed by atoms with van der Waals surface area (Å²) >= 11 is 0. The van der Waals surface area contributed by atoms with Crippen LogP contribution in [0.4, 0.5) is 0 Å². The van der Waals surface area contributed by atoms with E-state index in [1.807, 2.05) is 0 Å². The molecular weight excluding hydrogens is 248 g/mol. The van der Waals surface area contributed by atoms with Crippen LogP contribution in [0, 0.1) is 0 Å². The van der Waals surface area contributed by atoms with Gasteiger partial charge in [-0.1, -0.05) is 57.9 Å². The molecule has 0 aromatic rings. The van der Waals surface area contributed by atoms with Gasteiger partial charge in [-0.2, -0.15) is 0 Å². The highest BCUT2D eigenvalue weighted by Crippen LogP contribution is 2.16. The first-order valence-electron chi connectivity index (χ1n) is 8.69. The molecule has 20 heavy (non-hydrogen) atoms. The van der Waals surface area contributed by atoms with E-state index in [2.05, 4.69) is 19.1 Å². The van der Waals surface area contributed by atoms with Gasteiger partial charge in [-0.15, -0.1) is 0 Å². The lowest BCUT2D eigenvalue weighted by Crippen LogP contribution is -2.15. The van der Waals surface area contributed by atoms with Crippen LogP contribution in [0.25, 0.3) is 0 Å². The van der Waals surface area contributed by atoms with E-state index >= 15 is 0 Å². The molecule has 1 unspecified atom stereocenters. The lowest BCUT2D eigenvalue weighted by molar-refractivity contribution is -0.147. The van der Waals surface area contributed by atoms with Gasteiger partial charge in [0, 0.05) is 6.42 Å². The average Bonchev–Trinajstić information content (AvgIpc) is 2.54. The van der Waals surface area contributed by atoms with Gasteiger partial charge in [0.25, 0.3) is 0 Å². The van der Waals surface area contributed by atoms with Crippen molar-refractivity contribution in [3.05, 3.63) is 12.2 Å². The molecule has 0 radical (unpaired) electrons.